The van der Waals surface area contributed by atoms with E-state index in [1.165, 1.54) is 0 Å². The van der Waals surface area contributed by atoms with Gasteiger partial charge in [-0.15, -0.1) is 0 Å². The fourth-order valence-corrected chi connectivity index (χ4v) is 4.99. The molecule has 3 heterocycles. The molecule has 0 atom stereocenters. The Hall–Kier alpha value is -2.84. The number of aromatic nitrogens is 2. The predicted octanol–water partition coefficient (Wildman–Crippen LogP) is 6.91. The van der Waals surface area contributed by atoms with Gasteiger partial charge in [0.25, 0.3) is 0 Å². The number of likely N-dealkylation sites (tertiary alicyclic amines) is 1. The van der Waals surface area contributed by atoms with Crippen LogP contribution < -0.4 is 0 Å². The lowest BCUT2D eigenvalue weighted by Crippen LogP contribution is -2.35. The van der Waals surface area contributed by atoms with Crippen molar-refractivity contribution in [1.82, 2.24) is 14.5 Å². The second kappa shape index (κ2) is 9.57. The van der Waals surface area contributed by atoms with E-state index in [9.17, 15) is 0 Å². The van der Waals surface area contributed by atoms with Gasteiger partial charge in [-0.05, 0) is 67.9 Å². The van der Waals surface area contributed by atoms with Crippen LogP contribution in [0.3, 0.4) is 0 Å². The molecule has 0 unspecified atom stereocenters. The van der Waals surface area contributed by atoms with Crippen LogP contribution in [0.2, 0.25) is 10.0 Å². The van der Waals surface area contributed by atoms with Crippen molar-refractivity contribution in [2.45, 2.75) is 19.4 Å². The predicted molar refractivity (Wildman–Crippen MR) is 135 cm³/mol. The van der Waals surface area contributed by atoms with Crippen molar-refractivity contribution in [3.63, 3.8) is 0 Å². The number of rotatable bonds is 5. The van der Waals surface area contributed by atoms with Crippen molar-refractivity contribution in [2.24, 2.45) is 5.92 Å². The summed E-state index contributed by atoms with van der Waals surface area (Å²) in [5.74, 6) is 0.210. The van der Waals surface area contributed by atoms with E-state index in [2.05, 4.69) is 38.8 Å². The minimum atomic E-state index is 0.210. The molecule has 6 heteroatoms. The first-order valence-corrected chi connectivity index (χ1v) is 12.0. The average molecular weight is 475 g/mol. The third-order valence-corrected chi connectivity index (χ3v) is 6.95. The molecule has 2 aromatic heterocycles. The van der Waals surface area contributed by atoms with Crippen molar-refractivity contribution in [3.8, 4) is 28.3 Å². The molecule has 0 aliphatic carbocycles. The monoisotopic (exact) mass is 474 g/mol. The number of hydrogen-bond donors (Lipinski definition) is 0. The van der Waals surface area contributed by atoms with Crippen LogP contribution in [0.4, 0.5) is 0 Å². The Morgan fingerprint density at radius 1 is 0.909 bits per heavy atom. The van der Waals surface area contributed by atoms with E-state index in [0.29, 0.717) is 5.02 Å². The first-order valence-electron chi connectivity index (χ1n) is 11.2. The van der Waals surface area contributed by atoms with E-state index in [1.54, 1.807) is 0 Å². The van der Waals surface area contributed by atoms with E-state index < -0.39 is 0 Å². The smallest absolute Gasteiger partial charge is 0.0656 e. The molecule has 0 amide bonds. The Morgan fingerprint density at radius 2 is 1.70 bits per heavy atom. The molecule has 4 aromatic rings. The van der Waals surface area contributed by atoms with E-state index >= 15 is 0 Å². The van der Waals surface area contributed by atoms with Gasteiger partial charge in [-0.3, -0.25) is 4.98 Å². The number of hydrogen-bond acceptors (Lipinski definition) is 3. The van der Waals surface area contributed by atoms with Crippen molar-refractivity contribution in [1.29, 1.82) is 5.26 Å². The Kier molecular flexibility index (Phi) is 6.37. The number of nitrogens with zero attached hydrogens (tertiary/aromatic N) is 4. The van der Waals surface area contributed by atoms with Crippen LogP contribution in [0.1, 0.15) is 12.8 Å². The number of pyridine rings is 1. The quantitative estimate of drug-likeness (QED) is 0.315. The van der Waals surface area contributed by atoms with E-state index in [0.717, 1.165) is 77.2 Å². The first kappa shape index (κ1) is 22.0. The molecule has 1 aliphatic heterocycles. The molecule has 5 rings (SSSR count). The maximum atomic E-state index is 9.15. The van der Waals surface area contributed by atoms with Gasteiger partial charge >= 0.3 is 0 Å². The Bertz CT molecular complexity index is 1330. The molecule has 1 saturated heterocycles. The third-order valence-electron chi connectivity index (χ3n) is 6.48. The Labute approximate surface area is 204 Å². The van der Waals surface area contributed by atoms with Gasteiger partial charge in [0.2, 0.25) is 0 Å². The van der Waals surface area contributed by atoms with Gasteiger partial charge in [-0.1, -0.05) is 35.3 Å². The number of fused-ring (bicyclic) bond motifs is 1. The standard InChI is InChI=1S/C27H24Cl2N4/c28-23-3-1-2-20(13-23)21-12-22(17-31-16-21)26-18-33(27-5-4-24(29)14-25(26)27)11-10-32-8-6-19(15-30)7-9-32/h1-5,12-14,16-19H,6-11H2. The highest BCUT2D eigenvalue weighted by atomic mass is 35.5. The maximum Gasteiger partial charge on any atom is 0.0656 e. The molecular weight excluding hydrogens is 451 g/mol. The summed E-state index contributed by atoms with van der Waals surface area (Å²) in [4.78, 5) is 6.98. The fraction of sp³-hybridized carbons (Fsp3) is 0.259. The molecule has 33 heavy (non-hydrogen) atoms. The lowest BCUT2D eigenvalue weighted by Gasteiger charge is -2.29. The maximum absolute atomic E-state index is 9.15. The summed E-state index contributed by atoms with van der Waals surface area (Å²) < 4.78 is 2.31. The molecule has 0 bridgehead atoms. The average Bonchev–Trinajstić information content (AvgIpc) is 3.21. The second-order valence-corrected chi connectivity index (χ2v) is 9.49. The molecule has 2 aromatic carbocycles. The van der Waals surface area contributed by atoms with Gasteiger partial charge in [0.15, 0.2) is 0 Å². The van der Waals surface area contributed by atoms with Crippen LogP contribution >= 0.6 is 23.2 Å². The Morgan fingerprint density at radius 3 is 2.48 bits per heavy atom. The molecule has 1 fully saturated rings. The second-order valence-electron chi connectivity index (χ2n) is 8.62. The highest BCUT2D eigenvalue weighted by Gasteiger charge is 2.19. The zero-order valence-electron chi connectivity index (χ0n) is 18.2. The fourth-order valence-electron chi connectivity index (χ4n) is 4.63. The summed E-state index contributed by atoms with van der Waals surface area (Å²) in [6.45, 7) is 3.82. The SMILES string of the molecule is N#CC1CCN(CCn2cc(-c3cncc(-c4cccc(Cl)c4)c3)c3cc(Cl)ccc32)CC1. The zero-order valence-corrected chi connectivity index (χ0v) is 19.7. The van der Waals surface area contributed by atoms with Gasteiger partial charge in [0, 0.05) is 75.2 Å². The zero-order chi connectivity index (χ0) is 22.8. The molecular formula is C27H24Cl2N4. The highest BCUT2D eigenvalue weighted by molar-refractivity contribution is 6.31. The van der Waals surface area contributed by atoms with Crippen LogP contribution in [0.15, 0.2) is 67.1 Å². The minimum absolute atomic E-state index is 0.210. The molecule has 0 N–H and O–H groups in total. The summed E-state index contributed by atoms with van der Waals surface area (Å²) in [5, 5.41) is 11.7. The lowest BCUT2D eigenvalue weighted by molar-refractivity contribution is 0.200. The summed E-state index contributed by atoms with van der Waals surface area (Å²) in [7, 11) is 0. The van der Waals surface area contributed by atoms with Gasteiger partial charge in [0.1, 0.15) is 0 Å². The molecule has 1 aliphatic rings. The van der Waals surface area contributed by atoms with Crippen molar-refractivity contribution in [2.75, 3.05) is 19.6 Å². The van der Waals surface area contributed by atoms with Gasteiger partial charge < -0.3 is 9.47 Å². The molecule has 166 valence electrons. The van der Waals surface area contributed by atoms with Crippen LogP contribution in [0.25, 0.3) is 33.2 Å². The van der Waals surface area contributed by atoms with Crippen molar-refractivity contribution >= 4 is 34.1 Å². The molecule has 4 nitrogen and oxygen atoms in total. The molecule has 0 spiro atoms. The molecule has 0 saturated carbocycles. The van der Waals surface area contributed by atoms with Crippen LogP contribution in [0, 0.1) is 17.2 Å². The largest absolute Gasteiger partial charge is 0.346 e. The van der Waals surface area contributed by atoms with Gasteiger partial charge in [0.05, 0.1) is 6.07 Å². The minimum Gasteiger partial charge on any atom is -0.346 e. The highest BCUT2D eigenvalue weighted by Crippen LogP contribution is 2.34. The summed E-state index contributed by atoms with van der Waals surface area (Å²) in [6, 6.07) is 18.5. The van der Waals surface area contributed by atoms with Crippen molar-refractivity contribution in [3.05, 3.63) is 77.2 Å². The van der Waals surface area contributed by atoms with E-state index in [4.69, 9.17) is 28.5 Å². The van der Waals surface area contributed by atoms with E-state index in [1.807, 2.05) is 48.8 Å². The third kappa shape index (κ3) is 4.77. The normalized spacial score (nSPS) is 15.1. The molecule has 0 radical (unpaired) electrons. The van der Waals surface area contributed by atoms with Crippen molar-refractivity contribution < 1.29 is 0 Å². The number of nitriles is 1. The number of piperidine rings is 1. The van der Waals surface area contributed by atoms with Gasteiger partial charge in [-0.25, -0.2) is 0 Å². The van der Waals surface area contributed by atoms with Crippen LogP contribution in [-0.4, -0.2) is 34.1 Å². The van der Waals surface area contributed by atoms with Crippen LogP contribution in [0.5, 0.6) is 0 Å². The van der Waals surface area contributed by atoms with Gasteiger partial charge in [-0.2, -0.15) is 5.26 Å². The summed E-state index contributed by atoms with van der Waals surface area (Å²) in [6.07, 6.45) is 7.91. The number of benzene rings is 2. The first-order chi connectivity index (χ1) is 16.1. The number of halogens is 2. The lowest BCUT2D eigenvalue weighted by atomic mass is 9.99. The topological polar surface area (TPSA) is 44.9 Å². The summed E-state index contributed by atoms with van der Waals surface area (Å²) >= 11 is 12.6. The summed E-state index contributed by atoms with van der Waals surface area (Å²) in [5.41, 5.74) is 5.40. The Balaban J connectivity index is 1.46. The van der Waals surface area contributed by atoms with E-state index in [-0.39, 0.29) is 5.92 Å². The van der Waals surface area contributed by atoms with Crippen LogP contribution in [-0.2, 0) is 6.54 Å².